The van der Waals surface area contributed by atoms with Gasteiger partial charge in [-0.15, -0.1) is 0 Å². The van der Waals surface area contributed by atoms with Gasteiger partial charge < -0.3 is 26.3 Å². The molecule has 0 fully saturated rings. The van der Waals surface area contributed by atoms with Crippen molar-refractivity contribution in [2.75, 3.05) is 11.5 Å². The molecule has 0 spiro atoms. The lowest BCUT2D eigenvalue weighted by atomic mass is 10.2. The van der Waals surface area contributed by atoms with Crippen LogP contribution >= 0.6 is 0 Å². The molecule has 0 aliphatic carbocycles. The van der Waals surface area contributed by atoms with Crippen molar-refractivity contribution in [3.63, 3.8) is 0 Å². The van der Waals surface area contributed by atoms with Gasteiger partial charge in [-0.2, -0.15) is 0 Å². The number of rotatable bonds is 4. The molecule has 0 bridgehead atoms. The Morgan fingerprint density at radius 2 is 1.95 bits per heavy atom. The molecule has 1 aromatic rings. The molecule has 0 saturated heterocycles. The second-order valence-electron chi connectivity index (χ2n) is 5.87. The van der Waals surface area contributed by atoms with Crippen molar-refractivity contribution in [3.05, 3.63) is 12.3 Å². The molecule has 7 nitrogen and oxygen atoms in total. The smallest absolute Gasteiger partial charge is 0.407 e. The van der Waals surface area contributed by atoms with Crippen molar-refractivity contribution in [1.29, 1.82) is 0 Å². The van der Waals surface area contributed by atoms with Crippen molar-refractivity contribution in [1.82, 2.24) is 10.3 Å². The van der Waals surface area contributed by atoms with Gasteiger partial charge in [0.2, 0.25) is 0 Å². The van der Waals surface area contributed by atoms with Crippen molar-refractivity contribution >= 4 is 17.6 Å². The minimum Gasteiger partial charge on any atom is -0.486 e. The summed E-state index contributed by atoms with van der Waals surface area (Å²) in [7, 11) is 0. The number of nitrogens with one attached hydrogen (secondary N) is 1. The predicted molar refractivity (Wildman–Crippen MR) is 82.0 cm³/mol. The number of pyridine rings is 1. The molecule has 0 radical (unpaired) electrons. The van der Waals surface area contributed by atoms with Crippen LogP contribution in [0.4, 0.5) is 16.3 Å². The van der Waals surface area contributed by atoms with Crippen molar-refractivity contribution in [3.8, 4) is 5.75 Å². The number of hydrogen-bond acceptors (Lipinski definition) is 6. The van der Waals surface area contributed by atoms with Crippen molar-refractivity contribution < 1.29 is 14.3 Å². The number of nitrogen functional groups attached to an aromatic ring is 2. The molecule has 118 valence electrons. The number of carbonyl (C=O) groups excluding carboxylic acids is 1. The molecule has 0 saturated carbocycles. The quantitative estimate of drug-likeness (QED) is 0.782. The zero-order valence-electron chi connectivity index (χ0n) is 13.1. The molecule has 0 aliphatic rings. The zero-order valence-corrected chi connectivity index (χ0v) is 13.1. The highest BCUT2D eigenvalue weighted by molar-refractivity contribution is 5.68. The van der Waals surface area contributed by atoms with Crippen LogP contribution in [0.3, 0.4) is 0 Å². The fourth-order valence-electron chi connectivity index (χ4n) is 1.49. The molecular weight excluding hydrogens is 272 g/mol. The number of hydrogen-bond donors (Lipinski definition) is 3. The summed E-state index contributed by atoms with van der Waals surface area (Å²) in [5.41, 5.74) is 11.1. The van der Waals surface area contributed by atoms with Gasteiger partial charge in [0.25, 0.3) is 0 Å². The number of alkyl carbamates (subject to hydrolysis) is 1. The minimum absolute atomic E-state index is 0.215. The Kier molecular flexibility index (Phi) is 5.23. The number of anilines is 2. The fourth-order valence-corrected chi connectivity index (χ4v) is 1.49. The van der Waals surface area contributed by atoms with Gasteiger partial charge in [0.05, 0.1) is 6.04 Å². The lowest BCUT2D eigenvalue weighted by Gasteiger charge is -2.25. The molecule has 1 rings (SSSR count). The predicted octanol–water partition coefficient (Wildman–Crippen LogP) is 1.93. The van der Waals surface area contributed by atoms with Crippen LogP contribution in [0.2, 0.25) is 0 Å². The van der Waals surface area contributed by atoms with Crippen LogP contribution in [0.1, 0.15) is 34.6 Å². The molecule has 1 unspecified atom stereocenters. The molecule has 7 heteroatoms. The van der Waals surface area contributed by atoms with E-state index >= 15 is 0 Å². The van der Waals surface area contributed by atoms with Gasteiger partial charge in [-0.05, 0) is 34.6 Å². The van der Waals surface area contributed by atoms with Gasteiger partial charge in [0.1, 0.15) is 29.0 Å². The Hall–Kier alpha value is -2.18. The van der Waals surface area contributed by atoms with Crippen molar-refractivity contribution in [2.24, 2.45) is 0 Å². The lowest BCUT2D eigenvalue weighted by Crippen LogP contribution is -2.44. The van der Waals surface area contributed by atoms with Gasteiger partial charge >= 0.3 is 6.09 Å². The van der Waals surface area contributed by atoms with Crippen LogP contribution in [0, 0.1) is 0 Å². The summed E-state index contributed by atoms with van der Waals surface area (Å²) in [6, 6.07) is 1.36. The van der Waals surface area contributed by atoms with E-state index in [4.69, 9.17) is 20.9 Å². The first kappa shape index (κ1) is 16.9. The molecule has 0 aromatic carbocycles. The van der Waals surface area contributed by atoms with E-state index in [0.717, 1.165) is 0 Å². The van der Waals surface area contributed by atoms with E-state index in [2.05, 4.69) is 10.3 Å². The standard InChI is InChI=1S/C14H24N4O3/c1-8(18-13(19)21-14(3,4)5)9(2)20-10-6-7-17-12(16)11(10)15/h6-9H,15H2,1-5H3,(H2,16,17)(H,18,19)/t8?,9-/m0/s1. The fraction of sp³-hybridized carbons (Fsp3) is 0.571. The second kappa shape index (κ2) is 6.51. The first-order valence-electron chi connectivity index (χ1n) is 6.76. The highest BCUT2D eigenvalue weighted by Crippen LogP contribution is 2.26. The summed E-state index contributed by atoms with van der Waals surface area (Å²) >= 11 is 0. The third kappa shape index (κ3) is 5.37. The summed E-state index contributed by atoms with van der Waals surface area (Å²) in [6.45, 7) is 9.04. The van der Waals surface area contributed by atoms with Crippen LogP contribution in [-0.2, 0) is 4.74 Å². The first-order chi connectivity index (χ1) is 9.60. The Morgan fingerprint density at radius 1 is 1.33 bits per heavy atom. The van der Waals surface area contributed by atoms with E-state index < -0.39 is 11.7 Å². The van der Waals surface area contributed by atoms with Crippen LogP contribution in [0.15, 0.2) is 12.3 Å². The Bertz CT molecular complexity index is 499. The molecule has 5 N–H and O–H groups in total. The number of ether oxygens (including phenoxy) is 2. The van der Waals surface area contributed by atoms with Crippen LogP contribution in [0.5, 0.6) is 5.75 Å². The Labute approximate surface area is 125 Å². The summed E-state index contributed by atoms with van der Waals surface area (Å²) in [5, 5.41) is 2.72. The van der Waals surface area contributed by atoms with E-state index in [9.17, 15) is 4.79 Å². The molecule has 21 heavy (non-hydrogen) atoms. The number of aromatic nitrogens is 1. The van der Waals surface area contributed by atoms with Gasteiger partial charge in [-0.25, -0.2) is 9.78 Å². The second-order valence-corrected chi connectivity index (χ2v) is 5.87. The average molecular weight is 296 g/mol. The van der Waals surface area contributed by atoms with E-state index in [-0.39, 0.29) is 23.7 Å². The third-order valence-electron chi connectivity index (χ3n) is 2.74. The molecule has 1 amide bonds. The highest BCUT2D eigenvalue weighted by Gasteiger charge is 2.22. The lowest BCUT2D eigenvalue weighted by molar-refractivity contribution is 0.0464. The summed E-state index contributed by atoms with van der Waals surface area (Å²) in [5.74, 6) is 0.653. The molecule has 2 atom stereocenters. The number of nitrogens with zero attached hydrogens (tertiary/aromatic N) is 1. The maximum atomic E-state index is 11.7. The largest absolute Gasteiger partial charge is 0.486 e. The van der Waals surface area contributed by atoms with Crippen LogP contribution < -0.4 is 21.5 Å². The van der Waals surface area contributed by atoms with Gasteiger partial charge in [-0.1, -0.05) is 0 Å². The Morgan fingerprint density at radius 3 is 2.52 bits per heavy atom. The van der Waals surface area contributed by atoms with E-state index in [1.54, 1.807) is 26.8 Å². The minimum atomic E-state index is -0.544. The van der Waals surface area contributed by atoms with Crippen LogP contribution in [0.25, 0.3) is 0 Å². The van der Waals surface area contributed by atoms with E-state index in [1.807, 2.05) is 13.8 Å². The molecule has 1 aromatic heterocycles. The summed E-state index contributed by atoms with van der Waals surface area (Å²) in [6.07, 6.45) is 0.703. The zero-order chi connectivity index (χ0) is 16.2. The third-order valence-corrected chi connectivity index (χ3v) is 2.74. The SMILES string of the molecule is CC(NC(=O)OC(C)(C)C)[C@H](C)Oc1ccnc(N)c1N. The topological polar surface area (TPSA) is 112 Å². The monoisotopic (exact) mass is 296 g/mol. The first-order valence-corrected chi connectivity index (χ1v) is 6.76. The Balaban J connectivity index is 2.61. The highest BCUT2D eigenvalue weighted by atomic mass is 16.6. The summed E-state index contributed by atoms with van der Waals surface area (Å²) < 4.78 is 10.9. The maximum absolute atomic E-state index is 11.7. The van der Waals surface area contributed by atoms with Crippen LogP contribution in [-0.4, -0.2) is 28.8 Å². The average Bonchev–Trinajstić information content (AvgIpc) is 2.32. The number of amides is 1. The number of nitrogens with two attached hydrogens (primary N) is 2. The van der Waals surface area contributed by atoms with Gasteiger partial charge in [-0.3, -0.25) is 0 Å². The molecular formula is C14H24N4O3. The van der Waals surface area contributed by atoms with Crippen molar-refractivity contribution in [2.45, 2.75) is 52.4 Å². The summed E-state index contributed by atoms with van der Waals surface area (Å²) in [4.78, 5) is 15.6. The maximum Gasteiger partial charge on any atom is 0.407 e. The molecule has 0 aliphatic heterocycles. The van der Waals surface area contributed by atoms with E-state index in [0.29, 0.717) is 5.75 Å². The van der Waals surface area contributed by atoms with E-state index in [1.165, 1.54) is 6.20 Å². The molecule has 1 heterocycles. The normalized spacial score (nSPS) is 14.1. The van der Waals surface area contributed by atoms with Gasteiger partial charge in [0.15, 0.2) is 0 Å². The number of carbonyl (C=O) groups is 1. The van der Waals surface area contributed by atoms with Gasteiger partial charge in [0, 0.05) is 12.3 Å².